The summed E-state index contributed by atoms with van der Waals surface area (Å²) < 4.78 is 45.2. The third kappa shape index (κ3) is 3.13. The minimum Gasteiger partial charge on any atom is -0.373 e. The lowest BCUT2D eigenvalue weighted by Gasteiger charge is -2.24. The zero-order chi connectivity index (χ0) is 17.6. The molecule has 0 unspecified atom stereocenters. The first-order valence-electron chi connectivity index (χ1n) is 8.06. The number of ether oxygens (including phenoxy) is 1. The molecule has 1 aliphatic carbocycles. The molecule has 1 atom stereocenters. The van der Waals surface area contributed by atoms with E-state index in [1.165, 1.54) is 12.1 Å². The molecule has 0 bridgehead atoms. The van der Waals surface area contributed by atoms with E-state index in [-0.39, 0.29) is 17.9 Å². The second-order valence-electron chi connectivity index (χ2n) is 6.35. The fraction of sp³-hybridized carbons (Fsp3) is 0.412. The maximum atomic E-state index is 12.7. The maximum absolute atomic E-state index is 12.7. The molecule has 1 amide bonds. The minimum absolute atomic E-state index is 0.0173. The van der Waals surface area contributed by atoms with Crippen LogP contribution in [0.15, 0.2) is 30.5 Å². The second kappa shape index (κ2) is 5.87. The van der Waals surface area contributed by atoms with Gasteiger partial charge in [0.1, 0.15) is 0 Å². The Morgan fingerprint density at radius 2 is 1.96 bits per heavy atom. The van der Waals surface area contributed by atoms with Gasteiger partial charge in [0.25, 0.3) is 0 Å². The van der Waals surface area contributed by atoms with E-state index >= 15 is 0 Å². The number of fused-ring (bicyclic) bond motifs is 1. The van der Waals surface area contributed by atoms with Crippen LogP contribution in [0.1, 0.15) is 35.7 Å². The Bertz CT molecular complexity index is 794. The predicted molar refractivity (Wildman–Crippen MR) is 81.8 cm³/mol. The van der Waals surface area contributed by atoms with Gasteiger partial charge in [0.05, 0.1) is 42.4 Å². The van der Waals surface area contributed by atoms with Gasteiger partial charge < -0.3 is 10.1 Å². The van der Waals surface area contributed by atoms with Crippen LogP contribution in [-0.2, 0) is 22.3 Å². The van der Waals surface area contributed by atoms with Gasteiger partial charge in [0.2, 0.25) is 5.91 Å². The van der Waals surface area contributed by atoms with Crippen LogP contribution in [-0.4, -0.2) is 22.3 Å². The molecule has 0 saturated heterocycles. The maximum Gasteiger partial charge on any atom is 0.416 e. The third-order valence-corrected chi connectivity index (χ3v) is 4.50. The van der Waals surface area contributed by atoms with E-state index in [0.717, 1.165) is 36.2 Å². The second-order valence-corrected chi connectivity index (χ2v) is 6.35. The van der Waals surface area contributed by atoms with E-state index in [4.69, 9.17) is 4.74 Å². The number of carbonyl (C=O) groups is 1. The third-order valence-electron chi connectivity index (χ3n) is 4.50. The molecule has 5 nitrogen and oxygen atoms in total. The SMILES string of the molecule is O=C(N[C@@H]1COCc2c1cnn2-c1ccc(C(F)(F)F)cc1)C1CC1. The molecule has 1 N–H and O–H groups in total. The first-order chi connectivity index (χ1) is 11.9. The van der Waals surface area contributed by atoms with Crippen LogP contribution in [0, 0.1) is 5.92 Å². The van der Waals surface area contributed by atoms with Gasteiger partial charge in [0.15, 0.2) is 0 Å². The van der Waals surface area contributed by atoms with Crippen molar-refractivity contribution in [2.24, 2.45) is 5.92 Å². The van der Waals surface area contributed by atoms with Crippen molar-refractivity contribution in [3.63, 3.8) is 0 Å². The zero-order valence-corrected chi connectivity index (χ0v) is 13.2. The van der Waals surface area contributed by atoms with E-state index in [0.29, 0.717) is 18.9 Å². The average molecular weight is 351 g/mol. The Labute approximate surface area is 141 Å². The molecular weight excluding hydrogens is 335 g/mol. The van der Waals surface area contributed by atoms with Crippen LogP contribution in [0.4, 0.5) is 13.2 Å². The summed E-state index contributed by atoms with van der Waals surface area (Å²) in [6.07, 6.45) is -0.898. The summed E-state index contributed by atoms with van der Waals surface area (Å²) in [5, 5.41) is 7.25. The Hall–Kier alpha value is -2.35. The summed E-state index contributed by atoms with van der Waals surface area (Å²) in [4.78, 5) is 12.0. The number of carbonyl (C=O) groups excluding carboxylic acids is 1. The Morgan fingerprint density at radius 3 is 2.60 bits per heavy atom. The van der Waals surface area contributed by atoms with Gasteiger partial charge in [-0.25, -0.2) is 4.68 Å². The van der Waals surface area contributed by atoms with Crippen molar-refractivity contribution in [2.45, 2.75) is 31.7 Å². The van der Waals surface area contributed by atoms with Crippen LogP contribution < -0.4 is 5.32 Å². The highest BCUT2D eigenvalue weighted by Gasteiger charge is 2.34. The quantitative estimate of drug-likeness (QED) is 0.925. The number of nitrogens with zero attached hydrogens (tertiary/aromatic N) is 2. The molecule has 4 rings (SSSR count). The van der Waals surface area contributed by atoms with Gasteiger partial charge in [-0.1, -0.05) is 0 Å². The molecule has 1 aliphatic heterocycles. The summed E-state index contributed by atoms with van der Waals surface area (Å²) in [7, 11) is 0. The molecule has 2 heterocycles. The van der Waals surface area contributed by atoms with Gasteiger partial charge in [-0.2, -0.15) is 18.3 Å². The lowest BCUT2D eigenvalue weighted by molar-refractivity contribution is -0.137. The standard InChI is InChI=1S/C17H16F3N3O2/c18-17(19,20)11-3-5-12(6-4-11)23-15-9-25-8-14(13(15)7-21-23)22-16(24)10-1-2-10/h3-7,10,14H,1-2,8-9H2,(H,22,24)/t14-/m1/s1. The predicted octanol–water partition coefficient (Wildman–Crippen LogP) is 2.99. The fourth-order valence-corrected chi connectivity index (χ4v) is 2.95. The molecule has 2 aliphatic rings. The van der Waals surface area contributed by atoms with Gasteiger partial charge >= 0.3 is 6.18 Å². The average Bonchev–Trinajstić information content (AvgIpc) is 3.34. The first-order valence-corrected chi connectivity index (χ1v) is 8.06. The Morgan fingerprint density at radius 1 is 1.24 bits per heavy atom. The van der Waals surface area contributed by atoms with Crippen LogP contribution in [0.5, 0.6) is 0 Å². The van der Waals surface area contributed by atoms with Gasteiger partial charge in [-0.05, 0) is 37.1 Å². The summed E-state index contributed by atoms with van der Waals surface area (Å²) in [5.41, 5.74) is 1.40. The highest BCUT2D eigenvalue weighted by atomic mass is 19.4. The van der Waals surface area contributed by atoms with Crippen molar-refractivity contribution >= 4 is 5.91 Å². The van der Waals surface area contributed by atoms with Crippen molar-refractivity contribution < 1.29 is 22.7 Å². The lowest BCUT2D eigenvalue weighted by Crippen LogP contribution is -2.35. The van der Waals surface area contributed by atoms with E-state index in [1.807, 2.05) is 0 Å². The molecule has 1 saturated carbocycles. The molecule has 132 valence electrons. The lowest BCUT2D eigenvalue weighted by atomic mass is 10.1. The molecule has 1 aromatic carbocycles. The summed E-state index contributed by atoms with van der Waals surface area (Å²) in [6.45, 7) is 0.663. The van der Waals surface area contributed by atoms with E-state index < -0.39 is 11.7 Å². The molecule has 0 spiro atoms. The van der Waals surface area contributed by atoms with Crippen LogP contribution in [0.25, 0.3) is 5.69 Å². The first kappa shape index (κ1) is 16.1. The highest BCUT2D eigenvalue weighted by molar-refractivity contribution is 5.81. The molecule has 1 fully saturated rings. The molecule has 25 heavy (non-hydrogen) atoms. The molecule has 0 radical (unpaired) electrons. The largest absolute Gasteiger partial charge is 0.416 e. The number of hydrogen-bond donors (Lipinski definition) is 1. The fourth-order valence-electron chi connectivity index (χ4n) is 2.95. The number of nitrogens with one attached hydrogen (secondary N) is 1. The van der Waals surface area contributed by atoms with E-state index in [9.17, 15) is 18.0 Å². The monoisotopic (exact) mass is 351 g/mol. The van der Waals surface area contributed by atoms with E-state index in [1.54, 1.807) is 10.9 Å². The summed E-state index contributed by atoms with van der Waals surface area (Å²) >= 11 is 0. The van der Waals surface area contributed by atoms with E-state index in [2.05, 4.69) is 10.4 Å². The van der Waals surface area contributed by atoms with Crippen LogP contribution in [0.3, 0.4) is 0 Å². The molecule has 8 heteroatoms. The number of alkyl halides is 3. The van der Waals surface area contributed by atoms with Crippen molar-refractivity contribution in [3.05, 3.63) is 47.3 Å². The van der Waals surface area contributed by atoms with Crippen LogP contribution in [0.2, 0.25) is 0 Å². The topological polar surface area (TPSA) is 56.1 Å². The molecule has 2 aromatic rings. The van der Waals surface area contributed by atoms with Gasteiger partial charge in [-0.3, -0.25) is 4.79 Å². The van der Waals surface area contributed by atoms with Crippen LogP contribution >= 0.6 is 0 Å². The number of halogens is 3. The van der Waals surface area contributed by atoms with Crippen molar-refractivity contribution in [1.29, 1.82) is 0 Å². The van der Waals surface area contributed by atoms with Crippen molar-refractivity contribution in [2.75, 3.05) is 6.61 Å². The number of hydrogen-bond acceptors (Lipinski definition) is 3. The molecule has 1 aromatic heterocycles. The molecular formula is C17H16F3N3O2. The number of aromatic nitrogens is 2. The Balaban J connectivity index is 1.60. The summed E-state index contributed by atoms with van der Waals surface area (Å²) in [5.74, 6) is 0.110. The summed E-state index contributed by atoms with van der Waals surface area (Å²) in [6, 6.07) is 4.53. The highest BCUT2D eigenvalue weighted by Crippen LogP contribution is 2.33. The zero-order valence-electron chi connectivity index (χ0n) is 13.2. The van der Waals surface area contributed by atoms with Crippen molar-refractivity contribution in [3.8, 4) is 5.69 Å². The van der Waals surface area contributed by atoms with Crippen molar-refractivity contribution in [1.82, 2.24) is 15.1 Å². The van der Waals surface area contributed by atoms with Gasteiger partial charge in [-0.15, -0.1) is 0 Å². The minimum atomic E-state index is -4.37. The smallest absolute Gasteiger partial charge is 0.373 e. The number of rotatable bonds is 3. The Kier molecular flexibility index (Phi) is 3.79. The number of benzene rings is 1. The normalized spacial score (nSPS) is 20.2. The number of amides is 1. The van der Waals surface area contributed by atoms with Gasteiger partial charge in [0, 0.05) is 11.5 Å².